The van der Waals surface area contributed by atoms with Gasteiger partial charge in [0.15, 0.2) is 16.7 Å². The van der Waals surface area contributed by atoms with Crippen molar-refractivity contribution < 1.29 is 24.2 Å². The third-order valence-corrected chi connectivity index (χ3v) is 5.27. The van der Waals surface area contributed by atoms with Gasteiger partial charge in [0.05, 0.1) is 30.4 Å². The number of hydrogen-bond acceptors (Lipinski definition) is 6. The second-order valence-electron chi connectivity index (χ2n) is 6.14. The van der Waals surface area contributed by atoms with Gasteiger partial charge in [-0.05, 0) is 48.2 Å². The van der Waals surface area contributed by atoms with E-state index in [-0.39, 0.29) is 11.5 Å². The Balaban J connectivity index is 1.98. The van der Waals surface area contributed by atoms with Crippen molar-refractivity contribution in [1.29, 1.82) is 0 Å². The van der Waals surface area contributed by atoms with Crippen molar-refractivity contribution in [1.82, 2.24) is 4.90 Å². The lowest BCUT2D eigenvalue weighted by Gasteiger charge is -2.12. The van der Waals surface area contributed by atoms with Crippen LogP contribution in [0.4, 0.5) is 5.69 Å². The van der Waals surface area contributed by atoms with Crippen molar-refractivity contribution in [2.45, 2.75) is 0 Å². The molecule has 7 nitrogen and oxygen atoms in total. The molecule has 3 rings (SSSR count). The Morgan fingerprint density at radius 1 is 1.20 bits per heavy atom. The SMILES string of the molecule is C=CCN1C(=O)/C(=C/c2cccc(OC)c2OC)SC1=Nc1ccc(C(=O)O)cc1. The third-order valence-electron chi connectivity index (χ3n) is 4.26. The van der Waals surface area contributed by atoms with Crippen LogP contribution in [0.3, 0.4) is 0 Å². The monoisotopic (exact) mass is 424 g/mol. The molecule has 8 heteroatoms. The van der Waals surface area contributed by atoms with Gasteiger partial charge >= 0.3 is 5.97 Å². The maximum atomic E-state index is 13.0. The minimum absolute atomic E-state index is 0.169. The van der Waals surface area contributed by atoms with Gasteiger partial charge in [0.2, 0.25) is 0 Å². The Hall–Kier alpha value is -3.52. The summed E-state index contributed by atoms with van der Waals surface area (Å²) in [5.41, 5.74) is 1.42. The number of amidine groups is 1. The number of thioether (sulfide) groups is 1. The van der Waals surface area contributed by atoms with E-state index in [2.05, 4.69) is 11.6 Å². The van der Waals surface area contributed by atoms with Crippen LogP contribution >= 0.6 is 11.8 Å². The predicted octanol–water partition coefficient (Wildman–Crippen LogP) is 4.19. The number of para-hydroxylation sites is 1. The molecule has 2 aromatic rings. The van der Waals surface area contributed by atoms with Crippen LogP contribution in [0.2, 0.25) is 0 Å². The van der Waals surface area contributed by atoms with Crippen LogP contribution in [0, 0.1) is 0 Å². The number of hydrogen-bond donors (Lipinski definition) is 1. The molecule has 1 saturated heterocycles. The van der Waals surface area contributed by atoms with E-state index in [0.717, 1.165) is 0 Å². The highest BCUT2D eigenvalue weighted by atomic mass is 32.2. The molecule has 1 aliphatic heterocycles. The highest BCUT2D eigenvalue weighted by Gasteiger charge is 2.33. The molecule has 0 aliphatic carbocycles. The Labute approximate surface area is 178 Å². The molecule has 30 heavy (non-hydrogen) atoms. The van der Waals surface area contributed by atoms with Crippen molar-refractivity contribution in [2.24, 2.45) is 4.99 Å². The van der Waals surface area contributed by atoms with Crippen LogP contribution in [0.5, 0.6) is 11.5 Å². The summed E-state index contributed by atoms with van der Waals surface area (Å²) in [4.78, 5) is 30.5. The number of methoxy groups -OCH3 is 2. The topological polar surface area (TPSA) is 88.4 Å². The van der Waals surface area contributed by atoms with E-state index in [1.807, 2.05) is 12.1 Å². The number of amides is 1. The van der Waals surface area contributed by atoms with E-state index >= 15 is 0 Å². The summed E-state index contributed by atoms with van der Waals surface area (Å²) in [6.07, 6.45) is 3.36. The number of carbonyl (C=O) groups is 2. The summed E-state index contributed by atoms with van der Waals surface area (Å²) in [6, 6.07) is 11.6. The Kier molecular flexibility index (Phi) is 6.58. The second-order valence-corrected chi connectivity index (χ2v) is 7.15. The number of ether oxygens (including phenoxy) is 2. The lowest BCUT2D eigenvalue weighted by atomic mass is 10.1. The molecule has 0 atom stereocenters. The molecule has 1 fully saturated rings. The first kappa shape index (κ1) is 21.2. The molecule has 1 amide bonds. The van der Waals surface area contributed by atoms with E-state index in [4.69, 9.17) is 14.6 Å². The van der Waals surface area contributed by atoms with Gasteiger partial charge in [-0.3, -0.25) is 9.69 Å². The zero-order valence-electron chi connectivity index (χ0n) is 16.5. The number of nitrogens with zero attached hydrogens (tertiary/aromatic N) is 2. The number of benzene rings is 2. The number of carboxylic acid groups (broad SMARTS) is 1. The fourth-order valence-electron chi connectivity index (χ4n) is 2.84. The van der Waals surface area contributed by atoms with Crippen molar-refractivity contribution in [3.05, 3.63) is 71.2 Å². The largest absolute Gasteiger partial charge is 0.493 e. The molecule has 1 N–H and O–H groups in total. The molecular weight excluding hydrogens is 404 g/mol. The Bertz CT molecular complexity index is 1040. The molecule has 0 aromatic heterocycles. The van der Waals surface area contributed by atoms with Crippen molar-refractivity contribution in [3.8, 4) is 11.5 Å². The highest BCUT2D eigenvalue weighted by molar-refractivity contribution is 8.18. The first-order valence-electron chi connectivity index (χ1n) is 8.93. The standard InChI is InChI=1S/C22H20N2O5S/c1-4-12-24-20(25)18(13-15-6-5-7-17(28-2)19(15)29-3)30-22(24)23-16-10-8-14(9-11-16)21(26)27/h4-11,13H,1,12H2,2-3H3,(H,26,27)/b18-13-,23-22?. The summed E-state index contributed by atoms with van der Waals surface area (Å²) in [5.74, 6) is -0.112. The maximum absolute atomic E-state index is 13.0. The fourth-order valence-corrected chi connectivity index (χ4v) is 3.84. The van der Waals surface area contributed by atoms with E-state index in [0.29, 0.717) is 39.4 Å². The molecule has 154 valence electrons. The number of aliphatic imine (C=N–C) groups is 1. The zero-order valence-corrected chi connectivity index (χ0v) is 17.3. The normalized spacial score (nSPS) is 16.2. The summed E-state index contributed by atoms with van der Waals surface area (Å²) in [5, 5.41) is 9.51. The summed E-state index contributed by atoms with van der Waals surface area (Å²) < 4.78 is 10.8. The summed E-state index contributed by atoms with van der Waals surface area (Å²) in [6.45, 7) is 4.01. The predicted molar refractivity (Wildman–Crippen MR) is 118 cm³/mol. The molecule has 0 radical (unpaired) electrons. The number of carboxylic acids is 1. The maximum Gasteiger partial charge on any atom is 0.335 e. The Morgan fingerprint density at radius 3 is 2.53 bits per heavy atom. The van der Waals surface area contributed by atoms with E-state index in [9.17, 15) is 9.59 Å². The average molecular weight is 424 g/mol. The third kappa shape index (κ3) is 4.38. The minimum Gasteiger partial charge on any atom is -0.493 e. The van der Waals surface area contributed by atoms with E-state index in [1.54, 1.807) is 44.6 Å². The summed E-state index contributed by atoms with van der Waals surface area (Å²) in [7, 11) is 3.09. The summed E-state index contributed by atoms with van der Waals surface area (Å²) >= 11 is 1.23. The van der Waals surface area contributed by atoms with Gasteiger partial charge in [-0.15, -0.1) is 6.58 Å². The van der Waals surface area contributed by atoms with Gasteiger partial charge in [0.1, 0.15) is 0 Å². The van der Waals surface area contributed by atoms with Crippen LogP contribution in [-0.2, 0) is 4.79 Å². The molecule has 1 aliphatic rings. The number of rotatable bonds is 7. The first-order chi connectivity index (χ1) is 14.5. The molecule has 0 unspecified atom stereocenters. The van der Waals surface area contributed by atoms with Gasteiger partial charge in [-0.1, -0.05) is 18.2 Å². The average Bonchev–Trinajstić information content (AvgIpc) is 3.03. The van der Waals surface area contributed by atoms with Crippen LogP contribution in [0.1, 0.15) is 15.9 Å². The number of aromatic carboxylic acids is 1. The van der Waals surface area contributed by atoms with Gasteiger partial charge in [-0.25, -0.2) is 9.79 Å². The molecule has 1 heterocycles. The second kappa shape index (κ2) is 9.32. The smallest absolute Gasteiger partial charge is 0.335 e. The van der Waals surface area contributed by atoms with Gasteiger partial charge in [0.25, 0.3) is 5.91 Å². The van der Waals surface area contributed by atoms with E-state index in [1.165, 1.54) is 28.8 Å². The quantitative estimate of drug-likeness (QED) is 0.530. The van der Waals surface area contributed by atoms with Gasteiger partial charge in [-0.2, -0.15) is 0 Å². The highest BCUT2D eigenvalue weighted by Crippen LogP contribution is 2.38. The van der Waals surface area contributed by atoms with E-state index < -0.39 is 5.97 Å². The minimum atomic E-state index is -1.01. The Morgan fingerprint density at radius 2 is 1.93 bits per heavy atom. The molecule has 2 aromatic carbocycles. The lowest BCUT2D eigenvalue weighted by Crippen LogP contribution is -2.29. The van der Waals surface area contributed by atoms with Crippen LogP contribution in [-0.4, -0.2) is 47.8 Å². The van der Waals surface area contributed by atoms with Crippen LogP contribution in [0.15, 0.2) is 65.0 Å². The van der Waals surface area contributed by atoms with Crippen molar-refractivity contribution >= 4 is 40.6 Å². The first-order valence-corrected chi connectivity index (χ1v) is 9.75. The van der Waals surface area contributed by atoms with Crippen molar-refractivity contribution in [3.63, 3.8) is 0 Å². The van der Waals surface area contributed by atoms with Crippen LogP contribution in [0.25, 0.3) is 6.08 Å². The fraction of sp³-hybridized carbons (Fsp3) is 0.136. The molecule has 0 bridgehead atoms. The molecule has 0 spiro atoms. The molecule has 0 saturated carbocycles. The van der Waals surface area contributed by atoms with Gasteiger partial charge in [0, 0.05) is 12.1 Å². The van der Waals surface area contributed by atoms with Gasteiger partial charge < -0.3 is 14.6 Å². The van der Waals surface area contributed by atoms with Crippen LogP contribution < -0.4 is 9.47 Å². The number of carbonyl (C=O) groups excluding carboxylic acids is 1. The lowest BCUT2D eigenvalue weighted by molar-refractivity contribution is -0.121. The zero-order chi connectivity index (χ0) is 21.7. The molecular formula is C22H20N2O5S. The van der Waals surface area contributed by atoms with Crippen molar-refractivity contribution in [2.75, 3.05) is 20.8 Å².